The maximum absolute atomic E-state index is 4.65. The molecule has 4 aromatic heterocycles. The van der Waals surface area contributed by atoms with Crippen LogP contribution in [0.4, 0.5) is 0 Å². The van der Waals surface area contributed by atoms with Crippen molar-refractivity contribution in [2.24, 2.45) is 0 Å². The summed E-state index contributed by atoms with van der Waals surface area (Å²) >= 11 is 0. The van der Waals surface area contributed by atoms with Crippen LogP contribution in [0.25, 0.3) is 45.7 Å². The minimum absolute atomic E-state index is 0.809. The number of pyridine rings is 2. The Morgan fingerprint density at radius 1 is 1.14 bits per heavy atom. The second-order valence-corrected chi connectivity index (χ2v) is 8.53. The SMILES string of the molecule is C=C/C(=C\C(=C/C)C(=C)/C=c1/c(-c2cc3c(-c4cccnc4)nccc3[nH]2)n[nH]/c1=C/C)NC(=C)CC. The van der Waals surface area contributed by atoms with Crippen molar-refractivity contribution in [3.05, 3.63) is 114 Å². The van der Waals surface area contributed by atoms with Crippen molar-refractivity contribution < 1.29 is 0 Å². The smallest absolute Gasteiger partial charge is 0.116 e. The molecule has 37 heavy (non-hydrogen) atoms. The number of hydrogen-bond donors (Lipinski definition) is 3. The number of nitrogens with one attached hydrogen (secondary N) is 3. The summed E-state index contributed by atoms with van der Waals surface area (Å²) in [7, 11) is 0. The van der Waals surface area contributed by atoms with Crippen LogP contribution < -0.4 is 15.9 Å². The molecule has 0 atom stereocenters. The molecule has 0 aliphatic carbocycles. The average Bonchev–Trinajstić information content (AvgIpc) is 3.54. The van der Waals surface area contributed by atoms with E-state index in [2.05, 4.69) is 69.3 Å². The number of nitrogens with zero attached hydrogens (tertiary/aromatic N) is 3. The first kappa shape index (κ1) is 25.4. The molecular weight excluding hydrogens is 456 g/mol. The van der Waals surface area contributed by atoms with Crippen molar-refractivity contribution >= 4 is 23.1 Å². The molecule has 0 aromatic carbocycles. The molecule has 6 heteroatoms. The summed E-state index contributed by atoms with van der Waals surface area (Å²) in [5, 5.41) is 14.0. The van der Waals surface area contributed by atoms with Crippen molar-refractivity contribution in [1.82, 2.24) is 30.5 Å². The van der Waals surface area contributed by atoms with Crippen LogP contribution in [0.5, 0.6) is 0 Å². The number of fused-ring (bicyclic) bond motifs is 1. The summed E-state index contributed by atoms with van der Waals surface area (Å²) in [6.07, 6.45) is 16.1. The Morgan fingerprint density at radius 3 is 2.65 bits per heavy atom. The zero-order chi connectivity index (χ0) is 26.4. The predicted octanol–water partition coefficient (Wildman–Crippen LogP) is 5.68. The lowest BCUT2D eigenvalue weighted by molar-refractivity contribution is 0.919. The van der Waals surface area contributed by atoms with Gasteiger partial charge >= 0.3 is 0 Å². The second-order valence-electron chi connectivity index (χ2n) is 8.53. The van der Waals surface area contributed by atoms with E-state index in [4.69, 9.17) is 0 Å². The van der Waals surface area contributed by atoms with Gasteiger partial charge in [0.2, 0.25) is 0 Å². The summed E-state index contributed by atoms with van der Waals surface area (Å²) < 4.78 is 0. The van der Waals surface area contributed by atoms with Crippen LogP contribution in [0.15, 0.2) is 103 Å². The van der Waals surface area contributed by atoms with E-state index in [1.807, 2.05) is 56.5 Å². The molecule has 0 fully saturated rings. The Balaban J connectivity index is 1.80. The van der Waals surface area contributed by atoms with Gasteiger partial charge in [0.15, 0.2) is 0 Å². The van der Waals surface area contributed by atoms with Gasteiger partial charge in [0.25, 0.3) is 0 Å². The van der Waals surface area contributed by atoms with E-state index in [0.29, 0.717) is 0 Å². The Kier molecular flexibility index (Phi) is 7.79. The summed E-state index contributed by atoms with van der Waals surface area (Å²) in [5.41, 5.74) is 8.14. The first-order valence-corrected chi connectivity index (χ1v) is 12.2. The Hall–Kier alpha value is -4.71. The quantitative estimate of drug-likeness (QED) is 0.265. The highest BCUT2D eigenvalue weighted by Crippen LogP contribution is 2.29. The highest BCUT2D eigenvalue weighted by molar-refractivity contribution is 5.95. The molecule has 0 amide bonds. The van der Waals surface area contributed by atoms with Gasteiger partial charge in [-0.1, -0.05) is 38.8 Å². The fraction of sp³-hybridized carbons (Fsp3) is 0.129. The lowest BCUT2D eigenvalue weighted by Crippen LogP contribution is -2.23. The zero-order valence-corrected chi connectivity index (χ0v) is 21.6. The number of hydrogen-bond acceptors (Lipinski definition) is 4. The van der Waals surface area contributed by atoms with Gasteiger partial charge in [-0.2, -0.15) is 5.10 Å². The third-order valence-electron chi connectivity index (χ3n) is 6.14. The van der Waals surface area contributed by atoms with Crippen molar-refractivity contribution in [3.8, 4) is 22.6 Å². The molecule has 4 rings (SSSR count). The Labute approximate surface area is 217 Å². The van der Waals surface area contributed by atoms with Gasteiger partial charge in [0, 0.05) is 51.7 Å². The molecule has 0 saturated carbocycles. The molecule has 0 aliphatic rings. The number of aromatic nitrogens is 5. The van der Waals surface area contributed by atoms with Crippen LogP contribution in [-0.4, -0.2) is 25.1 Å². The van der Waals surface area contributed by atoms with Gasteiger partial charge in [-0.25, -0.2) is 0 Å². The normalized spacial score (nSPS) is 13.3. The van der Waals surface area contributed by atoms with E-state index in [9.17, 15) is 0 Å². The number of aromatic amines is 2. The van der Waals surface area contributed by atoms with Gasteiger partial charge in [-0.05, 0) is 73.9 Å². The van der Waals surface area contributed by atoms with Crippen LogP contribution in [0.3, 0.4) is 0 Å². The summed E-state index contributed by atoms with van der Waals surface area (Å²) in [4.78, 5) is 12.4. The van der Waals surface area contributed by atoms with E-state index >= 15 is 0 Å². The van der Waals surface area contributed by atoms with Crippen LogP contribution >= 0.6 is 0 Å². The Bertz CT molecular complexity index is 1640. The molecule has 0 unspecified atom stereocenters. The van der Waals surface area contributed by atoms with Gasteiger partial charge < -0.3 is 10.3 Å². The second kappa shape index (κ2) is 11.4. The lowest BCUT2D eigenvalue weighted by atomic mass is 10.0. The topological polar surface area (TPSA) is 82.3 Å². The maximum Gasteiger partial charge on any atom is 0.116 e. The number of rotatable bonds is 9. The monoisotopic (exact) mass is 488 g/mol. The first-order chi connectivity index (χ1) is 18.0. The minimum atomic E-state index is 0.809. The number of allylic oxidation sites excluding steroid dienone is 6. The van der Waals surface area contributed by atoms with Gasteiger partial charge in [0.05, 0.1) is 16.7 Å². The molecule has 0 radical (unpaired) electrons. The van der Waals surface area contributed by atoms with E-state index < -0.39 is 0 Å². The predicted molar refractivity (Wildman–Crippen MR) is 155 cm³/mol. The average molecular weight is 489 g/mol. The molecule has 0 saturated heterocycles. The Morgan fingerprint density at radius 2 is 1.97 bits per heavy atom. The highest BCUT2D eigenvalue weighted by atomic mass is 15.1. The van der Waals surface area contributed by atoms with E-state index in [-0.39, 0.29) is 0 Å². The third kappa shape index (κ3) is 5.43. The van der Waals surface area contributed by atoms with Crippen molar-refractivity contribution in [2.45, 2.75) is 27.2 Å². The van der Waals surface area contributed by atoms with E-state index in [0.717, 1.165) is 73.1 Å². The summed E-state index contributed by atoms with van der Waals surface area (Å²) in [6, 6.07) is 7.99. The molecule has 3 N–H and O–H groups in total. The molecule has 0 bridgehead atoms. The van der Waals surface area contributed by atoms with Gasteiger partial charge in [-0.3, -0.25) is 15.1 Å². The fourth-order valence-electron chi connectivity index (χ4n) is 4.07. The molecule has 4 heterocycles. The van der Waals surface area contributed by atoms with Crippen molar-refractivity contribution in [1.29, 1.82) is 0 Å². The molecule has 0 aliphatic heterocycles. The third-order valence-corrected chi connectivity index (χ3v) is 6.14. The van der Waals surface area contributed by atoms with Crippen LogP contribution in [0.2, 0.25) is 0 Å². The molecule has 4 aromatic rings. The van der Waals surface area contributed by atoms with Gasteiger partial charge in [-0.15, -0.1) is 0 Å². The maximum atomic E-state index is 4.65. The molecule has 186 valence electrons. The largest absolute Gasteiger partial charge is 0.359 e. The summed E-state index contributed by atoms with van der Waals surface area (Å²) in [6.45, 7) is 18.4. The van der Waals surface area contributed by atoms with Gasteiger partial charge in [0.1, 0.15) is 5.69 Å². The summed E-state index contributed by atoms with van der Waals surface area (Å²) in [5.74, 6) is 0. The fourth-order valence-corrected chi connectivity index (χ4v) is 4.07. The lowest BCUT2D eigenvalue weighted by Gasteiger charge is -2.10. The first-order valence-electron chi connectivity index (χ1n) is 12.2. The molecule has 6 nitrogen and oxygen atoms in total. The highest BCUT2D eigenvalue weighted by Gasteiger charge is 2.13. The van der Waals surface area contributed by atoms with Crippen molar-refractivity contribution in [3.63, 3.8) is 0 Å². The number of H-pyrrole nitrogens is 2. The standard InChI is InChI=1S/C31H32N6/c1-7-21(6)34-24(9-3)17-22(8-2)20(5)16-25-27(10-4)36-37-31(25)29-18-26-28(35-29)13-15-33-30(26)23-12-11-14-32-19-23/h8-19,34-36H,3,5-7H2,1-2,4H3/b22-8+,24-17+,25-16+,27-10+. The van der Waals surface area contributed by atoms with E-state index in [1.54, 1.807) is 18.5 Å². The zero-order valence-electron chi connectivity index (χ0n) is 21.6. The van der Waals surface area contributed by atoms with Crippen LogP contribution in [0.1, 0.15) is 27.2 Å². The van der Waals surface area contributed by atoms with Crippen molar-refractivity contribution in [2.75, 3.05) is 0 Å². The van der Waals surface area contributed by atoms with Crippen LogP contribution in [0, 0.1) is 0 Å². The van der Waals surface area contributed by atoms with Crippen LogP contribution in [-0.2, 0) is 0 Å². The minimum Gasteiger partial charge on any atom is -0.359 e. The van der Waals surface area contributed by atoms with E-state index in [1.165, 1.54) is 0 Å². The molecule has 0 spiro atoms. The molecular formula is C31H32N6.